The van der Waals surface area contributed by atoms with E-state index < -0.39 is 25.8 Å². The van der Waals surface area contributed by atoms with E-state index in [4.69, 9.17) is 25.5 Å². The van der Waals surface area contributed by atoms with Gasteiger partial charge in [0.1, 0.15) is 11.4 Å². The summed E-state index contributed by atoms with van der Waals surface area (Å²) in [6.07, 6.45) is 4.47. The lowest BCUT2D eigenvalue weighted by atomic mass is 10.1. The van der Waals surface area contributed by atoms with Gasteiger partial charge in [0.25, 0.3) is 5.88 Å². The van der Waals surface area contributed by atoms with Gasteiger partial charge >= 0.3 is 6.09 Å². The second-order valence-corrected chi connectivity index (χ2v) is 17.2. The van der Waals surface area contributed by atoms with Crippen LogP contribution < -0.4 is 10.1 Å². The zero-order valence-electron chi connectivity index (χ0n) is 23.8. The Morgan fingerprint density at radius 1 is 1.10 bits per heavy atom. The summed E-state index contributed by atoms with van der Waals surface area (Å²) < 4.78 is 33.2. The van der Waals surface area contributed by atoms with Crippen LogP contribution in [0.25, 0.3) is 11.1 Å². The average molecular weight is 577 g/mol. The van der Waals surface area contributed by atoms with Crippen molar-refractivity contribution in [2.24, 2.45) is 0 Å². The van der Waals surface area contributed by atoms with Gasteiger partial charge in [-0.25, -0.2) is 14.2 Å². The Hall–Kier alpha value is -2.95. The molecular weight excluding hydrogens is 539 g/mol. The third kappa shape index (κ3) is 9.05. The molecule has 0 bridgehead atoms. The van der Waals surface area contributed by atoms with Gasteiger partial charge < -0.3 is 19.2 Å². The second kappa shape index (κ2) is 12.1. The fraction of sp³-hybridized carbons (Fsp3) is 0.464. The first-order valence-corrected chi connectivity index (χ1v) is 16.1. The van der Waals surface area contributed by atoms with Crippen LogP contribution in [0.2, 0.25) is 23.2 Å². The van der Waals surface area contributed by atoms with E-state index in [1.54, 1.807) is 23.0 Å². The van der Waals surface area contributed by atoms with Gasteiger partial charge in [-0.2, -0.15) is 5.10 Å². The molecule has 1 atom stereocenters. The molecule has 11 heteroatoms. The van der Waals surface area contributed by atoms with E-state index in [-0.39, 0.29) is 22.0 Å². The predicted octanol–water partition coefficient (Wildman–Crippen LogP) is 7.45. The number of alkyl carbamates (subject to hydrolysis) is 1. The predicted molar refractivity (Wildman–Crippen MR) is 153 cm³/mol. The first kappa shape index (κ1) is 30.6. The van der Waals surface area contributed by atoms with Gasteiger partial charge in [-0.1, -0.05) is 44.5 Å². The lowest BCUT2D eigenvalue weighted by molar-refractivity contribution is 0.0477. The molecule has 0 aliphatic carbocycles. The van der Waals surface area contributed by atoms with Crippen molar-refractivity contribution in [3.05, 3.63) is 59.8 Å². The summed E-state index contributed by atoms with van der Waals surface area (Å²) in [5, 5.41) is 7.67. The van der Waals surface area contributed by atoms with E-state index in [0.717, 1.165) is 17.2 Å². The molecule has 2 aromatic heterocycles. The molecule has 0 aliphatic rings. The molecule has 212 valence electrons. The van der Waals surface area contributed by atoms with Crippen LogP contribution in [-0.2, 0) is 15.7 Å². The number of ether oxygens (including phenoxy) is 2. The van der Waals surface area contributed by atoms with Gasteiger partial charge in [-0.05, 0) is 62.7 Å². The van der Waals surface area contributed by atoms with Crippen LogP contribution >= 0.6 is 11.6 Å². The highest BCUT2D eigenvalue weighted by Gasteiger charge is 2.38. The first-order valence-electron chi connectivity index (χ1n) is 12.8. The van der Waals surface area contributed by atoms with Crippen molar-refractivity contribution in [2.75, 3.05) is 6.61 Å². The zero-order chi connectivity index (χ0) is 29.0. The number of hydrogen-bond acceptors (Lipinski definition) is 6. The number of benzene rings is 1. The fourth-order valence-corrected chi connectivity index (χ4v) is 4.48. The number of carbonyl (C=O) groups is 1. The van der Waals surface area contributed by atoms with Crippen LogP contribution in [-0.4, -0.2) is 47.4 Å². The minimum absolute atomic E-state index is 0.0353. The van der Waals surface area contributed by atoms with Crippen LogP contribution in [0, 0.1) is 5.82 Å². The highest BCUT2D eigenvalue weighted by molar-refractivity contribution is 6.74. The zero-order valence-corrected chi connectivity index (χ0v) is 25.6. The lowest BCUT2D eigenvalue weighted by Crippen LogP contribution is -2.48. The van der Waals surface area contributed by atoms with Crippen molar-refractivity contribution in [1.82, 2.24) is 20.1 Å². The Morgan fingerprint density at radius 2 is 1.77 bits per heavy atom. The van der Waals surface area contributed by atoms with Crippen molar-refractivity contribution >= 4 is 26.0 Å². The molecule has 2 heterocycles. The van der Waals surface area contributed by atoms with Crippen molar-refractivity contribution in [3.8, 4) is 22.8 Å². The van der Waals surface area contributed by atoms with E-state index in [9.17, 15) is 9.18 Å². The van der Waals surface area contributed by atoms with E-state index >= 15 is 0 Å². The molecule has 0 saturated carbocycles. The number of carbonyl (C=O) groups excluding carboxylic acids is 1. The smallest absolute Gasteiger partial charge is 0.408 e. The molecule has 0 unspecified atom stereocenters. The fourth-order valence-electron chi connectivity index (χ4n) is 3.28. The maximum absolute atomic E-state index is 14.0. The minimum atomic E-state index is -2.04. The first-order chi connectivity index (χ1) is 18.0. The summed E-state index contributed by atoms with van der Waals surface area (Å²) in [6.45, 7) is 17.1. The molecular formula is C28H38ClFN4O4Si. The summed E-state index contributed by atoms with van der Waals surface area (Å²) >= 11 is 5.75. The number of rotatable bonds is 9. The highest BCUT2D eigenvalue weighted by Crippen LogP contribution is 2.36. The molecule has 1 N–H and O–H groups in total. The number of halogens is 2. The summed E-state index contributed by atoms with van der Waals surface area (Å²) in [4.78, 5) is 16.4. The van der Waals surface area contributed by atoms with Gasteiger partial charge in [-0.3, -0.25) is 4.68 Å². The van der Waals surface area contributed by atoms with Crippen molar-refractivity contribution in [2.45, 2.75) is 77.9 Å². The van der Waals surface area contributed by atoms with Gasteiger partial charge in [0.05, 0.1) is 30.4 Å². The van der Waals surface area contributed by atoms with Crippen LogP contribution in [0.1, 0.15) is 41.5 Å². The van der Waals surface area contributed by atoms with Crippen molar-refractivity contribution in [3.63, 3.8) is 0 Å². The number of amides is 1. The molecule has 0 radical (unpaired) electrons. The SMILES string of the molecule is CC(C)(C)OC(=O)N[C@H](CO[Si](C)(C)C(C)(C)C)Cn1cc(-c2ccc(Oc3ncc(Cl)cc3F)cc2)cn1. The van der Waals surface area contributed by atoms with E-state index in [1.807, 2.05) is 39.1 Å². The molecule has 8 nitrogen and oxygen atoms in total. The molecule has 1 aromatic carbocycles. The Balaban J connectivity index is 1.71. The van der Waals surface area contributed by atoms with Crippen molar-refractivity contribution < 1.29 is 23.1 Å². The Kier molecular flexibility index (Phi) is 9.46. The summed E-state index contributed by atoms with van der Waals surface area (Å²) in [5.41, 5.74) is 1.16. The summed E-state index contributed by atoms with van der Waals surface area (Å²) in [7, 11) is -2.04. The number of nitrogens with zero attached hydrogens (tertiary/aromatic N) is 3. The lowest BCUT2D eigenvalue weighted by Gasteiger charge is -2.37. The number of pyridine rings is 1. The number of hydrogen-bond donors (Lipinski definition) is 1. The monoisotopic (exact) mass is 576 g/mol. The summed E-state index contributed by atoms with van der Waals surface area (Å²) in [6, 6.07) is 7.95. The van der Waals surface area contributed by atoms with Crippen LogP contribution in [0.5, 0.6) is 11.6 Å². The van der Waals surface area contributed by atoms with Crippen molar-refractivity contribution in [1.29, 1.82) is 0 Å². The van der Waals surface area contributed by atoms with Gasteiger partial charge in [0.2, 0.25) is 0 Å². The Bertz CT molecular complexity index is 1270. The largest absolute Gasteiger partial charge is 0.444 e. The Labute approximate surface area is 236 Å². The molecule has 0 aliphatic heterocycles. The minimum Gasteiger partial charge on any atom is -0.444 e. The third-order valence-electron chi connectivity index (χ3n) is 6.39. The standard InChI is InChI=1S/C28H38ClFN4O4Si/c1-27(2,3)38-26(35)33-22(18-36-39(7,8)28(4,5)6)17-34-16-20(14-32-34)19-9-11-23(12-10-19)37-25-24(30)13-21(29)15-31-25/h9-16,22H,17-18H2,1-8H3,(H,33,35)/t22-/m0/s1. The highest BCUT2D eigenvalue weighted by atomic mass is 35.5. The third-order valence-corrected chi connectivity index (χ3v) is 11.1. The maximum Gasteiger partial charge on any atom is 0.408 e. The number of nitrogens with one attached hydrogen (secondary N) is 1. The average Bonchev–Trinajstić information content (AvgIpc) is 3.26. The summed E-state index contributed by atoms with van der Waals surface area (Å²) in [5.74, 6) is -0.354. The van der Waals surface area contributed by atoms with Crippen LogP contribution in [0.15, 0.2) is 48.9 Å². The normalized spacial score (nSPS) is 13.2. The van der Waals surface area contributed by atoms with Gasteiger partial charge in [0, 0.05) is 18.0 Å². The number of aromatic nitrogens is 3. The maximum atomic E-state index is 14.0. The van der Waals surface area contributed by atoms with Gasteiger partial charge in [-0.15, -0.1) is 0 Å². The molecule has 3 aromatic rings. The molecule has 3 rings (SSSR count). The molecule has 0 fully saturated rings. The van der Waals surface area contributed by atoms with Crippen LogP contribution in [0.3, 0.4) is 0 Å². The molecule has 1 amide bonds. The quantitative estimate of drug-likeness (QED) is 0.266. The van der Waals surface area contributed by atoms with Crippen LogP contribution in [0.4, 0.5) is 9.18 Å². The molecule has 0 spiro atoms. The molecule has 0 saturated heterocycles. The Morgan fingerprint density at radius 3 is 2.36 bits per heavy atom. The topological polar surface area (TPSA) is 87.5 Å². The van der Waals surface area contributed by atoms with E-state index in [1.165, 1.54) is 6.20 Å². The van der Waals surface area contributed by atoms with E-state index in [0.29, 0.717) is 18.9 Å². The van der Waals surface area contributed by atoms with E-state index in [2.05, 4.69) is 49.3 Å². The second-order valence-electron chi connectivity index (χ2n) is 11.9. The van der Waals surface area contributed by atoms with Gasteiger partial charge in [0.15, 0.2) is 14.1 Å². The molecule has 39 heavy (non-hydrogen) atoms.